The molecule has 1 heterocycles. The minimum atomic E-state index is -0.397. The first kappa shape index (κ1) is 15.2. The number of ether oxygens (including phenoxy) is 1. The van der Waals surface area contributed by atoms with E-state index in [0.717, 1.165) is 12.8 Å². The number of hydrogen-bond donors (Lipinski definition) is 2. The maximum Gasteiger partial charge on any atom is 0.338 e. The smallest absolute Gasteiger partial charge is 0.338 e. The van der Waals surface area contributed by atoms with Gasteiger partial charge in [0.2, 0.25) is 5.91 Å². The first-order chi connectivity index (χ1) is 10.0. The van der Waals surface area contributed by atoms with Gasteiger partial charge < -0.3 is 21.1 Å². The molecule has 1 aliphatic heterocycles. The molecule has 1 saturated heterocycles. The molecule has 0 aromatic heterocycles. The maximum atomic E-state index is 11.8. The van der Waals surface area contributed by atoms with Crippen molar-refractivity contribution in [1.82, 2.24) is 0 Å². The van der Waals surface area contributed by atoms with Gasteiger partial charge in [0.05, 0.1) is 23.5 Å². The van der Waals surface area contributed by atoms with E-state index in [1.54, 1.807) is 25.1 Å². The van der Waals surface area contributed by atoms with Crippen LogP contribution >= 0.6 is 0 Å². The van der Waals surface area contributed by atoms with E-state index in [1.807, 2.05) is 4.90 Å². The van der Waals surface area contributed by atoms with Crippen LogP contribution in [-0.2, 0) is 9.53 Å². The van der Waals surface area contributed by atoms with E-state index >= 15 is 0 Å². The van der Waals surface area contributed by atoms with Gasteiger partial charge in [-0.15, -0.1) is 0 Å². The third kappa shape index (κ3) is 3.26. The highest BCUT2D eigenvalue weighted by Gasteiger charge is 2.28. The second kappa shape index (κ2) is 6.47. The van der Waals surface area contributed by atoms with Gasteiger partial charge in [0, 0.05) is 6.54 Å². The minimum absolute atomic E-state index is 0.312. The molecule has 2 rings (SSSR count). The summed E-state index contributed by atoms with van der Waals surface area (Å²) in [7, 11) is 0. The van der Waals surface area contributed by atoms with Gasteiger partial charge in [-0.05, 0) is 44.4 Å². The summed E-state index contributed by atoms with van der Waals surface area (Å²) < 4.78 is 4.99. The van der Waals surface area contributed by atoms with Gasteiger partial charge in [0.15, 0.2) is 0 Å². The summed E-state index contributed by atoms with van der Waals surface area (Å²) in [6, 6.07) is 4.58. The van der Waals surface area contributed by atoms with E-state index in [1.165, 1.54) is 0 Å². The first-order valence-electron chi connectivity index (χ1n) is 7.17. The Morgan fingerprint density at radius 1 is 1.38 bits per heavy atom. The molecule has 1 aromatic carbocycles. The molecule has 1 aliphatic rings. The molecule has 0 saturated carbocycles. The topological polar surface area (TPSA) is 98.7 Å². The Balaban J connectivity index is 2.34. The van der Waals surface area contributed by atoms with Crippen LogP contribution in [0.5, 0.6) is 0 Å². The van der Waals surface area contributed by atoms with Crippen LogP contribution in [0.25, 0.3) is 0 Å². The molecule has 1 amide bonds. The number of nitrogens with two attached hydrogens (primary N) is 2. The van der Waals surface area contributed by atoms with Crippen molar-refractivity contribution in [3.05, 3.63) is 23.8 Å². The number of primary amides is 1. The normalized spacial score (nSPS) is 18.3. The van der Waals surface area contributed by atoms with Crippen molar-refractivity contribution >= 4 is 23.3 Å². The van der Waals surface area contributed by atoms with Gasteiger partial charge in [0.1, 0.15) is 6.04 Å². The number of carbonyl (C=O) groups excluding carboxylic acids is 2. The summed E-state index contributed by atoms with van der Waals surface area (Å²) in [5.74, 6) is -0.762. The third-order valence-electron chi connectivity index (χ3n) is 3.68. The van der Waals surface area contributed by atoms with E-state index in [4.69, 9.17) is 16.2 Å². The van der Waals surface area contributed by atoms with Crippen molar-refractivity contribution in [3.63, 3.8) is 0 Å². The minimum Gasteiger partial charge on any atom is -0.462 e. The van der Waals surface area contributed by atoms with Crippen molar-refractivity contribution < 1.29 is 14.3 Å². The van der Waals surface area contributed by atoms with Crippen LogP contribution in [0.4, 0.5) is 11.4 Å². The molecule has 1 unspecified atom stereocenters. The van der Waals surface area contributed by atoms with E-state index in [0.29, 0.717) is 36.5 Å². The van der Waals surface area contributed by atoms with E-state index in [9.17, 15) is 9.59 Å². The number of carbonyl (C=O) groups is 2. The zero-order chi connectivity index (χ0) is 15.4. The van der Waals surface area contributed by atoms with Crippen LogP contribution in [0.1, 0.15) is 36.5 Å². The van der Waals surface area contributed by atoms with Gasteiger partial charge in [-0.3, -0.25) is 4.79 Å². The fraction of sp³-hybridized carbons (Fsp3) is 0.467. The third-order valence-corrected chi connectivity index (χ3v) is 3.68. The maximum absolute atomic E-state index is 11.8. The molecule has 1 aromatic rings. The van der Waals surface area contributed by atoms with E-state index < -0.39 is 5.97 Å². The Bertz CT molecular complexity index is 545. The van der Waals surface area contributed by atoms with Crippen molar-refractivity contribution in [2.45, 2.75) is 32.2 Å². The number of hydrogen-bond acceptors (Lipinski definition) is 5. The first-order valence-corrected chi connectivity index (χ1v) is 7.17. The lowest BCUT2D eigenvalue weighted by Gasteiger charge is -2.36. The molecule has 0 radical (unpaired) electrons. The zero-order valence-electron chi connectivity index (χ0n) is 12.2. The highest BCUT2D eigenvalue weighted by atomic mass is 16.5. The molecule has 0 spiro atoms. The second-order valence-electron chi connectivity index (χ2n) is 5.10. The Morgan fingerprint density at radius 3 is 2.81 bits per heavy atom. The summed E-state index contributed by atoms with van der Waals surface area (Å²) >= 11 is 0. The van der Waals surface area contributed by atoms with Crippen LogP contribution in [0.15, 0.2) is 18.2 Å². The molecule has 1 atom stereocenters. The van der Waals surface area contributed by atoms with Crippen LogP contribution < -0.4 is 16.4 Å². The molecule has 0 bridgehead atoms. The van der Waals surface area contributed by atoms with Crippen molar-refractivity contribution in [2.75, 3.05) is 23.8 Å². The van der Waals surface area contributed by atoms with E-state index in [2.05, 4.69) is 0 Å². The fourth-order valence-corrected chi connectivity index (χ4v) is 2.65. The van der Waals surface area contributed by atoms with Gasteiger partial charge in [-0.25, -0.2) is 4.79 Å². The Morgan fingerprint density at radius 2 is 2.14 bits per heavy atom. The number of anilines is 2. The zero-order valence-corrected chi connectivity index (χ0v) is 12.2. The lowest BCUT2D eigenvalue weighted by atomic mass is 9.99. The van der Waals surface area contributed by atoms with Gasteiger partial charge in [0.25, 0.3) is 0 Å². The number of nitrogens with zero attached hydrogens (tertiary/aromatic N) is 1. The summed E-state index contributed by atoms with van der Waals surface area (Å²) in [5, 5.41) is 0. The molecule has 0 aliphatic carbocycles. The van der Waals surface area contributed by atoms with Crippen LogP contribution in [0.3, 0.4) is 0 Å². The van der Waals surface area contributed by atoms with E-state index in [-0.39, 0.29) is 11.9 Å². The van der Waals surface area contributed by atoms with Gasteiger partial charge >= 0.3 is 5.97 Å². The van der Waals surface area contributed by atoms with Crippen LogP contribution in [0, 0.1) is 0 Å². The summed E-state index contributed by atoms with van der Waals surface area (Å²) in [5.41, 5.74) is 13.1. The van der Waals surface area contributed by atoms with Crippen molar-refractivity contribution in [2.24, 2.45) is 5.73 Å². The second-order valence-corrected chi connectivity index (χ2v) is 5.10. The molecular formula is C15H21N3O3. The largest absolute Gasteiger partial charge is 0.462 e. The summed E-state index contributed by atoms with van der Waals surface area (Å²) in [6.45, 7) is 2.76. The van der Waals surface area contributed by atoms with Crippen LogP contribution in [0.2, 0.25) is 0 Å². The van der Waals surface area contributed by atoms with Crippen molar-refractivity contribution in [3.8, 4) is 0 Å². The number of amides is 1. The SMILES string of the molecule is CCOC(=O)c1ccc(N)c(N2CCCCC2C(N)=O)c1. The van der Waals surface area contributed by atoms with Crippen molar-refractivity contribution in [1.29, 1.82) is 0 Å². The number of benzene rings is 1. The quantitative estimate of drug-likeness (QED) is 0.643. The molecule has 6 nitrogen and oxygen atoms in total. The molecule has 21 heavy (non-hydrogen) atoms. The monoisotopic (exact) mass is 291 g/mol. The average molecular weight is 291 g/mol. The molecule has 6 heteroatoms. The lowest BCUT2D eigenvalue weighted by molar-refractivity contribution is -0.119. The number of piperidine rings is 1. The van der Waals surface area contributed by atoms with Crippen LogP contribution in [-0.4, -0.2) is 31.1 Å². The molecule has 4 N–H and O–H groups in total. The fourth-order valence-electron chi connectivity index (χ4n) is 2.65. The summed E-state index contributed by atoms with van der Waals surface area (Å²) in [6.07, 6.45) is 2.63. The number of nitrogen functional groups attached to an aromatic ring is 1. The summed E-state index contributed by atoms with van der Waals surface area (Å²) in [4.78, 5) is 25.3. The standard InChI is InChI=1S/C15H21N3O3/c1-2-21-15(20)10-6-7-11(16)13(9-10)18-8-4-3-5-12(18)14(17)19/h6-7,9,12H,2-5,8,16H2,1H3,(H2,17,19). The number of esters is 1. The average Bonchev–Trinajstić information content (AvgIpc) is 2.48. The Hall–Kier alpha value is -2.24. The molecule has 114 valence electrons. The molecular weight excluding hydrogens is 270 g/mol. The Labute approximate surface area is 124 Å². The van der Waals surface area contributed by atoms with Gasteiger partial charge in [-0.1, -0.05) is 0 Å². The Kier molecular flexibility index (Phi) is 4.67. The van der Waals surface area contributed by atoms with Gasteiger partial charge in [-0.2, -0.15) is 0 Å². The highest BCUT2D eigenvalue weighted by Crippen LogP contribution is 2.30. The number of rotatable bonds is 4. The predicted molar refractivity (Wildman–Crippen MR) is 81.0 cm³/mol. The molecule has 1 fully saturated rings. The lowest BCUT2D eigenvalue weighted by Crippen LogP contribution is -2.48. The highest BCUT2D eigenvalue weighted by molar-refractivity contribution is 5.93. The predicted octanol–water partition coefficient (Wildman–Crippen LogP) is 1.29.